The molecule has 0 saturated heterocycles. The Morgan fingerprint density at radius 3 is 2.74 bits per heavy atom. The molecular weight excluding hydrogens is 240 g/mol. The zero-order chi connectivity index (χ0) is 13.4. The predicted octanol–water partition coefficient (Wildman–Crippen LogP) is 2.61. The van der Waals surface area contributed by atoms with Gasteiger partial charge in [-0.1, -0.05) is 23.4 Å². The Balaban J connectivity index is 2.14. The van der Waals surface area contributed by atoms with Crippen LogP contribution in [-0.4, -0.2) is 15.1 Å². The molecule has 1 atom stereocenters. The van der Waals surface area contributed by atoms with Crippen molar-refractivity contribution in [3.05, 3.63) is 41.8 Å². The molecule has 96 valence electrons. The summed E-state index contributed by atoms with van der Waals surface area (Å²) in [4.78, 5) is 8.82. The van der Waals surface area contributed by atoms with Gasteiger partial charge in [-0.15, -0.1) is 0 Å². The summed E-state index contributed by atoms with van der Waals surface area (Å²) in [6.45, 7) is 3.84. The van der Waals surface area contributed by atoms with Crippen LogP contribution in [0.25, 0.3) is 22.4 Å². The van der Waals surface area contributed by atoms with Crippen molar-refractivity contribution in [1.29, 1.82) is 0 Å². The lowest BCUT2D eigenvalue weighted by molar-refractivity contribution is 0.362. The van der Waals surface area contributed by atoms with E-state index in [-0.39, 0.29) is 6.04 Å². The maximum absolute atomic E-state index is 5.71. The van der Waals surface area contributed by atoms with Gasteiger partial charge in [-0.05, 0) is 31.5 Å². The Morgan fingerprint density at radius 2 is 2.00 bits per heavy atom. The number of aryl methyl sites for hydroxylation is 1. The van der Waals surface area contributed by atoms with Crippen molar-refractivity contribution >= 4 is 10.9 Å². The first-order valence-corrected chi connectivity index (χ1v) is 6.11. The summed E-state index contributed by atoms with van der Waals surface area (Å²) in [6, 6.07) is 9.66. The second-order valence-electron chi connectivity index (χ2n) is 4.59. The van der Waals surface area contributed by atoms with Gasteiger partial charge in [-0.2, -0.15) is 4.98 Å². The van der Waals surface area contributed by atoms with E-state index in [4.69, 9.17) is 10.3 Å². The number of rotatable bonds is 2. The van der Waals surface area contributed by atoms with Crippen LogP contribution in [-0.2, 0) is 0 Å². The van der Waals surface area contributed by atoms with Crippen LogP contribution in [0.4, 0.5) is 0 Å². The standard InChI is InChI=1S/C14H14N4O/c1-8-7-12(13-17-14(9(2)15)19-18-13)16-11-6-4-3-5-10(8)11/h3-7,9H,15H2,1-2H3/t9-/m0/s1. The van der Waals surface area contributed by atoms with Crippen LogP contribution in [0.1, 0.15) is 24.4 Å². The average Bonchev–Trinajstić information content (AvgIpc) is 2.88. The van der Waals surface area contributed by atoms with Crippen LogP contribution < -0.4 is 5.73 Å². The maximum Gasteiger partial charge on any atom is 0.243 e. The minimum Gasteiger partial charge on any atom is -0.337 e. The lowest BCUT2D eigenvalue weighted by atomic mass is 10.1. The van der Waals surface area contributed by atoms with Crippen LogP contribution in [0, 0.1) is 6.92 Å². The molecule has 0 aliphatic heterocycles. The fourth-order valence-corrected chi connectivity index (χ4v) is 1.99. The monoisotopic (exact) mass is 254 g/mol. The second kappa shape index (κ2) is 4.44. The first-order valence-electron chi connectivity index (χ1n) is 6.11. The van der Waals surface area contributed by atoms with Crippen LogP contribution in [0.2, 0.25) is 0 Å². The molecule has 2 aromatic heterocycles. The third kappa shape index (κ3) is 2.08. The number of benzene rings is 1. The summed E-state index contributed by atoms with van der Waals surface area (Å²) in [6.07, 6.45) is 0. The first-order chi connectivity index (χ1) is 9.15. The lowest BCUT2D eigenvalue weighted by Gasteiger charge is -2.03. The van der Waals surface area contributed by atoms with Gasteiger partial charge >= 0.3 is 0 Å². The molecule has 0 spiro atoms. The molecule has 0 unspecified atom stereocenters. The minimum atomic E-state index is -0.275. The summed E-state index contributed by atoms with van der Waals surface area (Å²) >= 11 is 0. The Labute approximate surface area is 110 Å². The van der Waals surface area contributed by atoms with E-state index in [1.165, 1.54) is 0 Å². The van der Waals surface area contributed by atoms with E-state index in [1.807, 2.05) is 37.3 Å². The Hall–Kier alpha value is -2.27. The SMILES string of the molecule is Cc1cc(-c2noc([C@H](C)N)n2)nc2ccccc12. The first kappa shape index (κ1) is 11.8. The molecule has 0 aliphatic rings. The van der Waals surface area contributed by atoms with E-state index in [0.29, 0.717) is 17.4 Å². The predicted molar refractivity (Wildman–Crippen MR) is 72.4 cm³/mol. The molecule has 1 aromatic carbocycles. The van der Waals surface area contributed by atoms with Crippen LogP contribution >= 0.6 is 0 Å². The Bertz CT molecular complexity index is 733. The van der Waals surface area contributed by atoms with Crippen LogP contribution in [0.3, 0.4) is 0 Å². The highest BCUT2D eigenvalue weighted by atomic mass is 16.5. The zero-order valence-electron chi connectivity index (χ0n) is 10.8. The van der Waals surface area contributed by atoms with Crippen molar-refractivity contribution in [2.45, 2.75) is 19.9 Å². The average molecular weight is 254 g/mol. The highest BCUT2D eigenvalue weighted by Crippen LogP contribution is 2.23. The molecule has 2 N–H and O–H groups in total. The van der Waals surface area contributed by atoms with Gasteiger partial charge in [0.15, 0.2) is 0 Å². The number of nitrogens with zero attached hydrogens (tertiary/aromatic N) is 3. The second-order valence-corrected chi connectivity index (χ2v) is 4.59. The number of fused-ring (bicyclic) bond motifs is 1. The topological polar surface area (TPSA) is 77.8 Å². The van der Waals surface area contributed by atoms with E-state index in [0.717, 1.165) is 16.5 Å². The van der Waals surface area contributed by atoms with Crippen molar-refractivity contribution in [3.63, 3.8) is 0 Å². The third-order valence-electron chi connectivity index (χ3n) is 2.98. The van der Waals surface area contributed by atoms with Gasteiger partial charge in [-0.3, -0.25) is 0 Å². The van der Waals surface area contributed by atoms with Crippen molar-refractivity contribution in [3.8, 4) is 11.5 Å². The molecule has 19 heavy (non-hydrogen) atoms. The van der Waals surface area contributed by atoms with E-state index < -0.39 is 0 Å². The van der Waals surface area contributed by atoms with Gasteiger partial charge in [0.2, 0.25) is 11.7 Å². The van der Waals surface area contributed by atoms with Crippen LogP contribution in [0.5, 0.6) is 0 Å². The number of nitrogens with two attached hydrogens (primary N) is 1. The number of para-hydroxylation sites is 1. The van der Waals surface area contributed by atoms with E-state index in [9.17, 15) is 0 Å². The molecule has 2 heterocycles. The zero-order valence-corrected chi connectivity index (χ0v) is 10.8. The van der Waals surface area contributed by atoms with E-state index >= 15 is 0 Å². The fourth-order valence-electron chi connectivity index (χ4n) is 1.99. The van der Waals surface area contributed by atoms with Crippen molar-refractivity contribution < 1.29 is 4.52 Å². The molecule has 5 nitrogen and oxygen atoms in total. The molecule has 0 radical (unpaired) electrons. The molecular formula is C14H14N4O. The van der Waals surface area contributed by atoms with Crippen molar-refractivity contribution in [2.75, 3.05) is 0 Å². The smallest absolute Gasteiger partial charge is 0.243 e. The molecule has 0 fully saturated rings. The quantitative estimate of drug-likeness (QED) is 0.760. The summed E-state index contributed by atoms with van der Waals surface area (Å²) in [5, 5.41) is 5.05. The van der Waals surface area contributed by atoms with Gasteiger partial charge in [0.05, 0.1) is 11.6 Å². The van der Waals surface area contributed by atoms with Gasteiger partial charge < -0.3 is 10.3 Å². The molecule has 5 heteroatoms. The largest absolute Gasteiger partial charge is 0.337 e. The molecule has 3 aromatic rings. The number of hydrogen-bond acceptors (Lipinski definition) is 5. The Morgan fingerprint density at radius 1 is 1.21 bits per heavy atom. The van der Waals surface area contributed by atoms with Gasteiger partial charge in [0, 0.05) is 5.39 Å². The number of pyridine rings is 1. The van der Waals surface area contributed by atoms with E-state index in [1.54, 1.807) is 6.92 Å². The van der Waals surface area contributed by atoms with Crippen LogP contribution in [0.15, 0.2) is 34.9 Å². The molecule has 3 rings (SSSR count). The fraction of sp³-hybridized carbons (Fsp3) is 0.214. The van der Waals surface area contributed by atoms with Crippen molar-refractivity contribution in [2.24, 2.45) is 5.73 Å². The molecule has 0 aliphatic carbocycles. The summed E-state index contributed by atoms with van der Waals surface area (Å²) < 4.78 is 5.11. The number of aromatic nitrogens is 3. The normalized spacial score (nSPS) is 12.8. The Kier molecular flexibility index (Phi) is 2.76. The highest BCUT2D eigenvalue weighted by Gasteiger charge is 2.13. The maximum atomic E-state index is 5.71. The van der Waals surface area contributed by atoms with Gasteiger partial charge in [-0.25, -0.2) is 4.98 Å². The summed E-state index contributed by atoms with van der Waals surface area (Å²) in [7, 11) is 0. The van der Waals surface area contributed by atoms with E-state index in [2.05, 4.69) is 15.1 Å². The lowest BCUT2D eigenvalue weighted by Crippen LogP contribution is -2.04. The highest BCUT2D eigenvalue weighted by molar-refractivity contribution is 5.84. The molecule has 0 bridgehead atoms. The molecule has 0 amide bonds. The summed E-state index contributed by atoms with van der Waals surface area (Å²) in [5.74, 6) is 0.892. The summed E-state index contributed by atoms with van der Waals surface area (Å²) in [5.41, 5.74) is 8.46. The van der Waals surface area contributed by atoms with Crippen molar-refractivity contribution in [1.82, 2.24) is 15.1 Å². The molecule has 0 saturated carbocycles. The number of hydrogen-bond donors (Lipinski definition) is 1. The van der Waals surface area contributed by atoms with Gasteiger partial charge in [0.1, 0.15) is 5.69 Å². The van der Waals surface area contributed by atoms with Gasteiger partial charge in [0.25, 0.3) is 0 Å². The minimum absolute atomic E-state index is 0.275. The third-order valence-corrected chi connectivity index (χ3v) is 2.98.